The zero-order chi connectivity index (χ0) is 12.7. The molecule has 0 radical (unpaired) electrons. The smallest absolute Gasteiger partial charge is 0.0697 e. The third kappa shape index (κ3) is 2.37. The van der Waals surface area contributed by atoms with E-state index in [0.29, 0.717) is 6.04 Å². The highest BCUT2D eigenvalue weighted by molar-refractivity contribution is 7.12. The van der Waals surface area contributed by atoms with Crippen molar-refractivity contribution in [1.29, 1.82) is 0 Å². The van der Waals surface area contributed by atoms with Gasteiger partial charge in [-0.1, -0.05) is 0 Å². The maximum atomic E-state index is 6.00. The van der Waals surface area contributed by atoms with Gasteiger partial charge in [-0.2, -0.15) is 0 Å². The van der Waals surface area contributed by atoms with Crippen molar-refractivity contribution in [1.82, 2.24) is 5.32 Å². The van der Waals surface area contributed by atoms with Gasteiger partial charge >= 0.3 is 0 Å². The second-order valence-corrected chi connectivity index (χ2v) is 7.69. The normalized spacial score (nSPS) is 28.3. The van der Waals surface area contributed by atoms with Crippen molar-refractivity contribution < 1.29 is 4.74 Å². The second-order valence-electron chi connectivity index (χ2n) is 6.47. The largest absolute Gasteiger partial charge is 0.375 e. The molecule has 2 fully saturated rings. The van der Waals surface area contributed by atoms with Crippen LogP contribution in [0.25, 0.3) is 0 Å². The number of aryl methyl sites for hydroxylation is 2. The molecule has 1 saturated heterocycles. The molecule has 4 rings (SSSR count). The quantitative estimate of drug-likeness (QED) is 0.914. The molecule has 1 unspecified atom stereocenters. The minimum Gasteiger partial charge on any atom is -0.375 e. The van der Waals surface area contributed by atoms with Crippen molar-refractivity contribution in [2.24, 2.45) is 0 Å². The van der Waals surface area contributed by atoms with E-state index in [4.69, 9.17) is 4.74 Å². The maximum Gasteiger partial charge on any atom is 0.0697 e. The van der Waals surface area contributed by atoms with Crippen molar-refractivity contribution >= 4 is 11.3 Å². The number of hydrogen-bond acceptors (Lipinski definition) is 3. The van der Waals surface area contributed by atoms with Crippen molar-refractivity contribution in [2.45, 2.75) is 69.6 Å². The fourth-order valence-corrected chi connectivity index (χ4v) is 5.06. The van der Waals surface area contributed by atoms with Crippen molar-refractivity contribution in [3.05, 3.63) is 21.4 Å². The molecule has 3 aliphatic rings. The van der Waals surface area contributed by atoms with Crippen LogP contribution < -0.4 is 5.32 Å². The first-order valence-electron chi connectivity index (χ1n) is 7.81. The molecule has 0 bridgehead atoms. The lowest BCUT2D eigenvalue weighted by Gasteiger charge is -2.47. The number of hydrogen-bond donors (Lipinski definition) is 1. The Morgan fingerprint density at radius 3 is 3.05 bits per heavy atom. The zero-order valence-electron chi connectivity index (χ0n) is 11.5. The van der Waals surface area contributed by atoms with E-state index < -0.39 is 0 Å². The average molecular weight is 277 g/mol. The van der Waals surface area contributed by atoms with Gasteiger partial charge in [-0.25, -0.2) is 0 Å². The molecule has 1 spiro atoms. The van der Waals surface area contributed by atoms with Crippen molar-refractivity contribution in [3.8, 4) is 0 Å². The molecule has 1 N–H and O–H groups in total. The fourth-order valence-electron chi connectivity index (χ4n) is 3.84. The third-order valence-electron chi connectivity index (χ3n) is 5.12. The summed E-state index contributed by atoms with van der Waals surface area (Å²) >= 11 is 2.04. The van der Waals surface area contributed by atoms with Crippen LogP contribution in [0.4, 0.5) is 0 Å². The minimum atomic E-state index is 0.271. The molecule has 2 nitrogen and oxygen atoms in total. The first-order chi connectivity index (χ1) is 9.33. The molecule has 0 aromatic carbocycles. The van der Waals surface area contributed by atoms with Gasteiger partial charge in [-0.05, 0) is 63.0 Å². The Kier molecular flexibility index (Phi) is 3.17. The molecule has 2 heterocycles. The summed E-state index contributed by atoms with van der Waals surface area (Å²) in [5.41, 5.74) is 1.90. The molecule has 104 valence electrons. The summed E-state index contributed by atoms with van der Waals surface area (Å²) in [6.45, 7) is 2.02. The Balaban J connectivity index is 1.34. The van der Waals surface area contributed by atoms with Crippen LogP contribution in [0, 0.1) is 0 Å². The van der Waals surface area contributed by atoms with Gasteiger partial charge in [0.15, 0.2) is 0 Å². The standard InChI is InChI=1S/C16H23NOS/c1-3-12-9-14(19-15(12)4-1)11-17-13-5-8-18-16(10-13)6-2-7-16/h9,13,17H,1-8,10-11H2. The Bertz CT molecular complexity index is 442. The lowest BCUT2D eigenvalue weighted by atomic mass is 9.74. The first-order valence-corrected chi connectivity index (χ1v) is 8.62. The highest BCUT2D eigenvalue weighted by Crippen LogP contribution is 2.42. The molecule has 1 aliphatic heterocycles. The van der Waals surface area contributed by atoms with Crippen molar-refractivity contribution in [3.63, 3.8) is 0 Å². The lowest BCUT2D eigenvalue weighted by Crippen LogP contribution is -2.50. The predicted octanol–water partition coefficient (Wildman–Crippen LogP) is 3.43. The summed E-state index contributed by atoms with van der Waals surface area (Å²) in [5, 5.41) is 3.78. The van der Waals surface area contributed by atoms with Gasteiger partial charge in [0, 0.05) is 28.9 Å². The van der Waals surface area contributed by atoms with Crippen LogP contribution >= 0.6 is 11.3 Å². The van der Waals surface area contributed by atoms with Crippen LogP contribution in [-0.2, 0) is 24.1 Å². The molecule has 1 atom stereocenters. The van der Waals surface area contributed by atoms with Crippen LogP contribution in [-0.4, -0.2) is 18.2 Å². The van der Waals surface area contributed by atoms with Crippen LogP contribution in [0.5, 0.6) is 0 Å². The Labute approximate surface area is 119 Å². The zero-order valence-corrected chi connectivity index (χ0v) is 12.4. The van der Waals surface area contributed by atoms with Crippen LogP contribution in [0.3, 0.4) is 0 Å². The van der Waals surface area contributed by atoms with E-state index in [1.807, 2.05) is 11.3 Å². The minimum absolute atomic E-state index is 0.271. The van der Waals surface area contributed by atoms with Gasteiger partial charge < -0.3 is 10.1 Å². The highest BCUT2D eigenvalue weighted by atomic mass is 32.1. The molecular weight excluding hydrogens is 254 g/mol. The van der Waals surface area contributed by atoms with Crippen LogP contribution in [0.1, 0.15) is 53.8 Å². The van der Waals surface area contributed by atoms with Crippen LogP contribution in [0.2, 0.25) is 0 Å². The lowest BCUT2D eigenvalue weighted by molar-refractivity contribution is -0.135. The van der Waals surface area contributed by atoms with Gasteiger partial charge in [0.25, 0.3) is 0 Å². The third-order valence-corrected chi connectivity index (χ3v) is 6.36. The summed E-state index contributed by atoms with van der Waals surface area (Å²) in [6, 6.07) is 3.12. The predicted molar refractivity (Wildman–Crippen MR) is 78.7 cm³/mol. The highest BCUT2D eigenvalue weighted by Gasteiger charge is 2.42. The van der Waals surface area contributed by atoms with Gasteiger partial charge in [0.2, 0.25) is 0 Å². The second kappa shape index (κ2) is 4.87. The summed E-state index contributed by atoms with van der Waals surface area (Å²) < 4.78 is 6.00. The fraction of sp³-hybridized carbons (Fsp3) is 0.750. The molecule has 19 heavy (non-hydrogen) atoms. The van der Waals surface area contributed by atoms with E-state index >= 15 is 0 Å². The molecule has 3 heteroatoms. The van der Waals surface area contributed by atoms with E-state index in [9.17, 15) is 0 Å². The Hall–Kier alpha value is -0.380. The van der Waals surface area contributed by atoms with E-state index in [1.165, 1.54) is 51.4 Å². The molecule has 1 aromatic heterocycles. The van der Waals surface area contributed by atoms with E-state index in [1.54, 1.807) is 15.3 Å². The number of thiophene rings is 1. The van der Waals surface area contributed by atoms with Gasteiger partial charge in [-0.15, -0.1) is 11.3 Å². The van der Waals surface area contributed by atoms with E-state index in [-0.39, 0.29) is 5.60 Å². The molecule has 0 amide bonds. The van der Waals surface area contributed by atoms with Crippen LogP contribution in [0.15, 0.2) is 6.07 Å². The van der Waals surface area contributed by atoms with Gasteiger partial charge in [-0.3, -0.25) is 0 Å². The number of fused-ring (bicyclic) bond motifs is 1. The molecular formula is C16H23NOS. The summed E-state index contributed by atoms with van der Waals surface area (Å²) in [7, 11) is 0. The first kappa shape index (κ1) is 12.4. The van der Waals surface area contributed by atoms with Crippen molar-refractivity contribution in [2.75, 3.05) is 6.61 Å². The summed E-state index contributed by atoms with van der Waals surface area (Å²) in [4.78, 5) is 3.19. The molecule has 1 saturated carbocycles. The number of rotatable bonds is 3. The number of ether oxygens (including phenoxy) is 1. The van der Waals surface area contributed by atoms with E-state index in [2.05, 4.69) is 11.4 Å². The average Bonchev–Trinajstić information content (AvgIpc) is 2.95. The van der Waals surface area contributed by atoms with E-state index in [0.717, 1.165) is 13.2 Å². The maximum absolute atomic E-state index is 6.00. The molecule has 1 aromatic rings. The van der Waals surface area contributed by atoms with Gasteiger partial charge in [0.1, 0.15) is 0 Å². The SMILES string of the molecule is c1c(CNC2CCOC3(CCC3)C2)sc2c1CCC2. The molecule has 2 aliphatic carbocycles. The van der Waals surface area contributed by atoms with Gasteiger partial charge in [0.05, 0.1) is 5.60 Å². The summed E-state index contributed by atoms with van der Waals surface area (Å²) in [6.07, 6.45) is 10.4. The Morgan fingerprint density at radius 2 is 2.26 bits per heavy atom. The topological polar surface area (TPSA) is 21.3 Å². The number of nitrogens with one attached hydrogen (secondary N) is 1. The summed E-state index contributed by atoms with van der Waals surface area (Å²) in [5.74, 6) is 0. The Morgan fingerprint density at radius 1 is 1.32 bits per heavy atom. The monoisotopic (exact) mass is 277 g/mol.